The molecule has 0 bridgehead atoms. The monoisotopic (exact) mass is 534 g/mol. The molecule has 0 radical (unpaired) electrons. The van der Waals surface area contributed by atoms with E-state index in [1.807, 2.05) is 0 Å². The van der Waals surface area contributed by atoms with E-state index in [1.54, 1.807) is 0 Å². The molecule has 3 heterocycles. The highest BCUT2D eigenvalue weighted by molar-refractivity contribution is 6.09. The van der Waals surface area contributed by atoms with E-state index < -0.39 is 0 Å². The van der Waals surface area contributed by atoms with Crippen molar-refractivity contribution in [2.24, 2.45) is 32.7 Å². The van der Waals surface area contributed by atoms with Gasteiger partial charge in [0.2, 0.25) is 0 Å². The van der Waals surface area contributed by atoms with Crippen LogP contribution in [0.3, 0.4) is 0 Å². The van der Waals surface area contributed by atoms with Crippen molar-refractivity contribution >= 4 is 17.5 Å². The first kappa shape index (κ1) is 29.6. The fourth-order valence-electron chi connectivity index (χ4n) is 5.86. The highest BCUT2D eigenvalue weighted by Crippen LogP contribution is 2.30. The quantitative estimate of drug-likeness (QED) is 0.380. The molecule has 0 amide bonds. The SMILES string of the molecule is CC(C)[C@H]1CN(C(C)C)C(c2cc(C3=N[C@@H](C(C)C)CN3C(C)C)cc(C3=N[C@@H](C(C)C)CN3C(C)C)c2)=N1. The van der Waals surface area contributed by atoms with Gasteiger partial charge in [-0.1, -0.05) is 41.5 Å². The summed E-state index contributed by atoms with van der Waals surface area (Å²) in [5.74, 6) is 4.90. The number of rotatable bonds is 9. The Morgan fingerprint density at radius 2 is 0.692 bits per heavy atom. The van der Waals surface area contributed by atoms with Gasteiger partial charge in [0.25, 0.3) is 0 Å². The fraction of sp³-hybridized carbons (Fsp3) is 0.727. The van der Waals surface area contributed by atoms with E-state index in [0.29, 0.717) is 54.0 Å². The third-order valence-corrected chi connectivity index (χ3v) is 8.72. The normalized spacial score (nSPS) is 24.0. The first-order valence-electron chi connectivity index (χ1n) is 15.5. The lowest BCUT2D eigenvalue weighted by Crippen LogP contribution is -2.39. The van der Waals surface area contributed by atoms with Crippen LogP contribution in [0.15, 0.2) is 33.2 Å². The fourth-order valence-corrected chi connectivity index (χ4v) is 5.86. The minimum absolute atomic E-state index is 0.317. The molecule has 1 aromatic rings. The molecule has 3 aliphatic rings. The molecule has 0 fully saturated rings. The Hall–Kier alpha value is -2.37. The van der Waals surface area contributed by atoms with Gasteiger partial charge in [0.15, 0.2) is 0 Å². The van der Waals surface area contributed by atoms with Crippen LogP contribution < -0.4 is 0 Å². The number of hydrogen-bond donors (Lipinski definition) is 0. The molecule has 39 heavy (non-hydrogen) atoms. The van der Waals surface area contributed by atoms with Gasteiger partial charge in [0, 0.05) is 54.5 Å². The van der Waals surface area contributed by atoms with Gasteiger partial charge in [-0.25, -0.2) is 0 Å². The third-order valence-electron chi connectivity index (χ3n) is 8.72. The van der Waals surface area contributed by atoms with Crippen LogP contribution in [-0.2, 0) is 0 Å². The van der Waals surface area contributed by atoms with E-state index in [1.165, 1.54) is 16.7 Å². The number of aliphatic imine (C=N–C) groups is 3. The first-order chi connectivity index (χ1) is 18.3. The lowest BCUT2D eigenvalue weighted by Gasteiger charge is -2.29. The number of nitrogens with zero attached hydrogens (tertiary/aromatic N) is 6. The topological polar surface area (TPSA) is 46.8 Å². The van der Waals surface area contributed by atoms with Crippen LogP contribution in [0.1, 0.15) is 99.8 Å². The van der Waals surface area contributed by atoms with Gasteiger partial charge < -0.3 is 14.7 Å². The molecular formula is C33H54N6. The second kappa shape index (κ2) is 11.6. The van der Waals surface area contributed by atoms with Crippen molar-refractivity contribution in [1.82, 2.24) is 14.7 Å². The molecule has 0 N–H and O–H groups in total. The zero-order valence-electron chi connectivity index (χ0n) is 26.7. The van der Waals surface area contributed by atoms with Gasteiger partial charge in [0.05, 0.1) is 18.1 Å². The van der Waals surface area contributed by atoms with E-state index in [0.717, 1.165) is 37.1 Å². The van der Waals surface area contributed by atoms with E-state index >= 15 is 0 Å². The summed E-state index contributed by atoms with van der Waals surface area (Å²) in [4.78, 5) is 23.5. The number of benzene rings is 1. The minimum atomic E-state index is 0.317. The van der Waals surface area contributed by atoms with Gasteiger partial charge >= 0.3 is 0 Å². The molecule has 4 rings (SSSR count). The summed E-state index contributed by atoms with van der Waals surface area (Å²) >= 11 is 0. The highest BCUT2D eigenvalue weighted by atomic mass is 15.3. The molecule has 6 nitrogen and oxygen atoms in total. The van der Waals surface area contributed by atoms with Crippen molar-refractivity contribution in [3.8, 4) is 0 Å². The van der Waals surface area contributed by atoms with E-state index in [4.69, 9.17) is 15.0 Å². The third kappa shape index (κ3) is 6.05. The summed E-state index contributed by atoms with van der Waals surface area (Å²) in [6.45, 7) is 30.4. The van der Waals surface area contributed by atoms with Crippen LogP contribution in [0.5, 0.6) is 0 Å². The predicted molar refractivity (Wildman–Crippen MR) is 167 cm³/mol. The summed E-state index contributed by atoms with van der Waals surface area (Å²) in [5.41, 5.74) is 3.58. The first-order valence-corrected chi connectivity index (χ1v) is 15.5. The summed E-state index contributed by atoms with van der Waals surface area (Å²) in [5, 5.41) is 0. The Kier molecular flexibility index (Phi) is 8.82. The molecule has 0 aromatic heterocycles. The van der Waals surface area contributed by atoms with Crippen LogP contribution in [0, 0.1) is 17.8 Å². The highest BCUT2D eigenvalue weighted by Gasteiger charge is 2.35. The van der Waals surface area contributed by atoms with Crippen LogP contribution in [0.4, 0.5) is 0 Å². The molecule has 0 saturated heterocycles. The average molecular weight is 535 g/mol. The lowest BCUT2D eigenvalue weighted by atomic mass is 10.0. The van der Waals surface area contributed by atoms with Crippen LogP contribution in [0.25, 0.3) is 0 Å². The Morgan fingerprint density at radius 3 is 0.872 bits per heavy atom. The van der Waals surface area contributed by atoms with Gasteiger partial charge in [-0.3, -0.25) is 15.0 Å². The van der Waals surface area contributed by atoms with Crippen molar-refractivity contribution in [2.45, 2.75) is 119 Å². The minimum Gasteiger partial charge on any atom is -0.352 e. The van der Waals surface area contributed by atoms with Crippen LogP contribution >= 0.6 is 0 Å². The zero-order chi connectivity index (χ0) is 28.8. The average Bonchev–Trinajstić information content (AvgIpc) is 3.60. The van der Waals surface area contributed by atoms with Crippen molar-refractivity contribution in [3.05, 3.63) is 34.9 Å². The van der Waals surface area contributed by atoms with Crippen LogP contribution in [-0.4, -0.2) is 88.1 Å². The van der Waals surface area contributed by atoms with Crippen molar-refractivity contribution in [2.75, 3.05) is 19.6 Å². The zero-order valence-corrected chi connectivity index (χ0v) is 26.7. The van der Waals surface area contributed by atoms with E-state index in [-0.39, 0.29) is 0 Å². The maximum Gasteiger partial charge on any atom is 0.131 e. The van der Waals surface area contributed by atoms with E-state index in [9.17, 15) is 0 Å². The molecule has 0 spiro atoms. The smallest absolute Gasteiger partial charge is 0.131 e. The van der Waals surface area contributed by atoms with Gasteiger partial charge in [-0.15, -0.1) is 0 Å². The lowest BCUT2D eigenvalue weighted by molar-refractivity contribution is 0.332. The molecular weight excluding hydrogens is 480 g/mol. The molecule has 6 heteroatoms. The summed E-state index contributed by atoms with van der Waals surface area (Å²) in [6, 6.07) is 9.18. The Labute approximate surface area is 238 Å². The van der Waals surface area contributed by atoms with Crippen LogP contribution in [0.2, 0.25) is 0 Å². The molecule has 0 aliphatic carbocycles. The van der Waals surface area contributed by atoms with Gasteiger partial charge in [0.1, 0.15) is 17.5 Å². The maximum atomic E-state index is 5.33. The number of hydrogen-bond acceptors (Lipinski definition) is 6. The standard InChI is InChI=1S/C33H54N6/c1-19(2)28-16-37(22(7)8)31(34-28)25-13-26(32-35-29(20(3)4)17-38(32)23(9)10)15-27(14-25)33-36-30(21(5)6)18-39(33)24(11)12/h13-15,19-24,28-30H,16-18H2,1-12H3/t28-,29-,30-/m1/s1. The molecule has 3 atom stereocenters. The van der Waals surface area contributed by atoms with Gasteiger partial charge in [-0.05, 0) is 77.5 Å². The van der Waals surface area contributed by atoms with E-state index in [2.05, 4.69) is 116 Å². The molecule has 0 unspecified atom stereocenters. The largest absolute Gasteiger partial charge is 0.352 e. The molecule has 3 aliphatic heterocycles. The second-order valence-electron chi connectivity index (χ2n) is 13.8. The molecule has 0 saturated carbocycles. The summed E-state index contributed by atoms with van der Waals surface area (Å²) in [6.07, 6.45) is 0. The van der Waals surface area contributed by atoms with Crippen molar-refractivity contribution < 1.29 is 0 Å². The van der Waals surface area contributed by atoms with Crippen molar-refractivity contribution in [3.63, 3.8) is 0 Å². The Bertz CT molecular complexity index is 959. The number of amidine groups is 3. The van der Waals surface area contributed by atoms with Crippen molar-refractivity contribution in [1.29, 1.82) is 0 Å². The maximum absolute atomic E-state index is 5.33. The summed E-state index contributed by atoms with van der Waals surface area (Å²) < 4.78 is 0. The Balaban J connectivity index is 1.92. The molecule has 216 valence electrons. The predicted octanol–water partition coefficient (Wildman–Crippen LogP) is 6.17. The molecule has 1 aromatic carbocycles. The van der Waals surface area contributed by atoms with Gasteiger partial charge in [-0.2, -0.15) is 0 Å². The Morgan fingerprint density at radius 1 is 0.462 bits per heavy atom. The summed E-state index contributed by atoms with van der Waals surface area (Å²) in [7, 11) is 0. The second-order valence-corrected chi connectivity index (χ2v) is 13.8.